The largest absolute Gasteiger partial charge is 0.453 e. The van der Waals surface area contributed by atoms with Crippen LogP contribution in [-0.2, 0) is 4.74 Å². The van der Waals surface area contributed by atoms with Gasteiger partial charge < -0.3 is 19.9 Å². The van der Waals surface area contributed by atoms with E-state index in [1.165, 1.54) is 7.11 Å². The number of anilines is 1. The lowest BCUT2D eigenvalue weighted by Gasteiger charge is -2.35. The van der Waals surface area contributed by atoms with Gasteiger partial charge in [-0.25, -0.2) is 4.79 Å². The van der Waals surface area contributed by atoms with Crippen molar-refractivity contribution in [3.05, 3.63) is 29.8 Å². The first-order chi connectivity index (χ1) is 11.6. The third kappa shape index (κ3) is 4.19. The number of piperidine rings is 1. The van der Waals surface area contributed by atoms with E-state index in [2.05, 4.69) is 15.0 Å². The van der Waals surface area contributed by atoms with E-state index in [-0.39, 0.29) is 18.0 Å². The molecule has 0 radical (unpaired) electrons. The van der Waals surface area contributed by atoms with Crippen molar-refractivity contribution >= 4 is 17.7 Å². The minimum absolute atomic E-state index is 0.0745. The Labute approximate surface area is 143 Å². The number of alkyl carbamates (subject to hydrolysis) is 1. The summed E-state index contributed by atoms with van der Waals surface area (Å²) in [5.74, 6) is 0.0745. The molecule has 1 aromatic rings. The second-order valence-corrected chi connectivity index (χ2v) is 5.89. The van der Waals surface area contributed by atoms with E-state index in [9.17, 15) is 9.59 Å². The van der Waals surface area contributed by atoms with Crippen molar-refractivity contribution in [2.45, 2.75) is 32.7 Å². The first kappa shape index (κ1) is 18.1. The fourth-order valence-corrected chi connectivity index (χ4v) is 3.10. The molecule has 1 N–H and O–H groups in total. The number of ether oxygens (including phenoxy) is 1. The molecule has 1 aromatic carbocycles. The molecule has 6 nitrogen and oxygen atoms in total. The molecule has 1 aliphatic heterocycles. The van der Waals surface area contributed by atoms with Gasteiger partial charge in [0.25, 0.3) is 5.91 Å². The summed E-state index contributed by atoms with van der Waals surface area (Å²) < 4.78 is 4.65. The molecule has 0 unspecified atom stereocenters. The maximum Gasteiger partial charge on any atom is 0.407 e. The van der Waals surface area contributed by atoms with Gasteiger partial charge in [-0.15, -0.1) is 0 Å². The molecule has 1 fully saturated rings. The average molecular weight is 333 g/mol. The van der Waals surface area contributed by atoms with Crippen molar-refractivity contribution in [1.82, 2.24) is 10.2 Å². The van der Waals surface area contributed by atoms with Crippen LogP contribution in [0.15, 0.2) is 24.3 Å². The normalized spacial score (nSPS) is 15.0. The molecule has 6 heteroatoms. The summed E-state index contributed by atoms with van der Waals surface area (Å²) in [5.41, 5.74) is 1.73. The zero-order chi connectivity index (χ0) is 17.5. The molecule has 0 atom stereocenters. The number of nitrogens with zero attached hydrogens (tertiary/aromatic N) is 2. The third-order valence-corrected chi connectivity index (χ3v) is 4.53. The van der Waals surface area contributed by atoms with Crippen molar-refractivity contribution in [1.29, 1.82) is 0 Å². The van der Waals surface area contributed by atoms with Crippen LogP contribution in [-0.4, -0.2) is 56.2 Å². The standard InChI is InChI=1S/C18H27N3O3/c1-4-20(5-2)17(22)15-8-6-7-9-16(15)21-12-10-14(11-13-21)19-18(23)24-3/h6-9,14H,4-5,10-13H2,1-3H3,(H,19,23). The molecule has 0 aromatic heterocycles. The maximum atomic E-state index is 12.7. The predicted octanol–water partition coefficient (Wildman–Crippen LogP) is 2.49. The highest BCUT2D eigenvalue weighted by Crippen LogP contribution is 2.25. The molecule has 0 bridgehead atoms. The topological polar surface area (TPSA) is 61.9 Å². The van der Waals surface area contributed by atoms with Gasteiger partial charge in [0.15, 0.2) is 0 Å². The Kier molecular flexibility index (Phi) is 6.46. The summed E-state index contributed by atoms with van der Waals surface area (Å²) in [6.45, 7) is 7.00. The summed E-state index contributed by atoms with van der Waals surface area (Å²) in [7, 11) is 1.37. The van der Waals surface area contributed by atoms with E-state index in [1.807, 2.05) is 43.0 Å². The Balaban J connectivity index is 2.08. The molecule has 0 spiro atoms. The number of carbonyl (C=O) groups excluding carboxylic acids is 2. The van der Waals surface area contributed by atoms with Crippen LogP contribution in [0, 0.1) is 0 Å². The van der Waals surface area contributed by atoms with Gasteiger partial charge in [-0.2, -0.15) is 0 Å². The SMILES string of the molecule is CCN(CC)C(=O)c1ccccc1N1CCC(NC(=O)OC)CC1. The quantitative estimate of drug-likeness (QED) is 0.899. The van der Waals surface area contributed by atoms with Gasteiger partial charge in [-0.3, -0.25) is 4.79 Å². The summed E-state index contributed by atoms with van der Waals surface area (Å²) >= 11 is 0. The van der Waals surface area contributed by atoms with Crippen LogP contribution in [0.2, 0.25) is 0 Å². The molecule has 2 amide bonds. The van der Waals surface area contributed by atoms with Gasteiger partial charge in [0.1, 0.15) is 0 Å². The lowest BCUT2D eigenvalue weighted by Crippen LogP contribution is -2.45. The Morgan fingerprint density at radius 1 is 1.21 bits per heavy atom. The second-order valence-electron chi connectivity index (χ2n) is 5.89. The number of hydrogen-bond donors (Lipinski definition) is 1. The minimum atomic E-state index is -0.384. The number of amides is 2. The molecule has 0 aliphatic carbocycles. The molecule has 24 heavy (non-hydrogen) atoms. The van der Waals surface area contributed by atoms with Crippen LogP contribution >= 0.6 is 0 Å². The van der Waals surface area contributed by atoms with Crippen molar-refractivity contribution in [2.75, 3.05) is 38.2 Å². The van der Waals surface area contributed by atoms with Crippen molar-refractivity contribution in [3.63, 3.8) is 0 Å². The highest BCUT2D eigenvalue weighted by molar-refractivity contribution is 5.99. The van der Waals surface area contributed by atoms with E-state index < -0.39 is 0 Å². The molecular formula is C18H27N3O3. The van der Waals surface area contributed by atoms with Gasteiger partial charge in [-0.05, 0) is 38.8 Å². The summed E-state index contributed by atoms with van der Waals surface area (Å²) in [5, 5.41) is 2.85. The zero-order valence-corrected chi connectivity index (χ0v) is 14.7. The second kappa shape index (κ2) is 8.57. The zero-order valence-electron chi connectivity index (χ0n) is 14.7. The number of nitrogens with one attached hydrogen (secondary N) is 1. The lowest BCUT2D eigenvalue weighted by atomic mass is 10.0. The van der Waals surface area contributed by atoms with Gasteiger partial charge in [0, 0.05) is 37.9 Å². The van der Waals surface area contributed by atoms with Gasteiger partial charge in [0.05, 0.1) is 12.7 Å². The van der Waals surface area contributed by atoms with E-state index in [4.69, 9.17) is 0 Å². The average Bonchev–Trinajstić information content (AvgIpc) is 2.63. The monoisotopic (exact) mass is 333 g/mol. The smallest absolute Gasteiger partial charge is 0.407 e. The van der Waals surface area contributed by atoms with E-state index in [1.54, 1.807) is 0 Å². The van der Waals surface area contributed by atoms with Crippen LogP contribution in [0.25, 0.3) is 0 Å². The first-order valence-corrected chi connectivity index (χ1v) is 8.58. The Hall–Kier alpha value is -2.24. The number of hydrogen-bond acceptors (Lipinski definition) is 4. The van der Waals surface area contributed by atoms with Gasteiger partial charge >= 0.3 is 6.09 Å². The molecule has 1 saturated heterocycles. The van der Waals surface area contributed by atoms with Crippen molar-refractivity contribution < 1.29 is 14.3 Å². The van der Waals surface area contributed by atoms with Crippen LogP contribution in [0.4, 0.5) is 10.5 Å². The fourth-order valence-electron chi connectivity index (χ4n) is 3.10. The number of benzene rings is 1. The van der Waals surface area contributed by atoms with E-state index >= 15 is 0 Å². The molecule has 0 saturated carbocycles. The van der Waals surface area contributed by atoms with Gasteiger partial charge in [-0.1, -0.05) is 12.1 Å². The van der Waals surface area contributed by atoms with Crippen molar-refractivity contribution in [3.8, 4) is 0 Å². The van der Waals surface area contributed by atoms with Crippen LogP contribution in [0.3, 0.4) is 0 Å². The summed E-state index contributed by atoms with van der Waals surface area (Å²) in [6, 6.07) is 7.90. The Morgan fingerprint density at radius 2 is 1.83 bits per heavy atom. The van der Waals surface area contributed by atoms with Crippen LogP contribution in [0.5, 0.6) is 0 Å². The molecule has 1 heterocycles. The summed E-state index contributed by atoms with van der Waals surface area (Å²) in [6.07, 6.45) is 1.29. The highest BCUT2D eigenvalue weighted by Gasteiger charge is 2.25. The third-order valence-electron chi connectivity index (χ3n) is 4.53. The molecule has 1 aliphatic rings. The number of rotatable bonds is 5. The highest BCUT2D eigenvalue weighted by atomic mass is 16.5. The Bertz CT molecular complexity index is 564. The molecule has 132 valence electrons. The predicted molar refractivity (Wildman–Crippen MR) is 94.5 cm³/mol. The fraction of sp³-hybridized carbons (Fsp3) is 0.556. The van der Waals surface area contributed by atoms with E-state index in [0.717, 1.165) is 37.2 Å². The van der Waals surface area contributed by atoms with E-state index in [0.29, 0.717) is 13.1 Å². The molecular weight excluding hydrogens is 306 g/mol. The summed E-state index contributed by atoms with van der Waals surface area (Å²) in [4.78, 5) is 28.1. The minimum Gasteiger partial charge on any atom is -0.453 e. The lowest BCUT2D eigenvalue weighted by molar-refractivity contribution is 0.0773. The Morgan fingerprint density at radius 3 is 2.42 bits per heavy atom. The van der Waals surface area contributed by atoms with Gasteiger partial charge in [0.2, 0.25) is 0 Å². The number of methoxy groups -OCH3 is 1. The van der Waals surface area contributed by atoms with Crippen molar-refractivity contribution in [2.24, 2.45) is 0 Å². The number of carbonyl (C=O) groups is 2. The first-order valence-electron chi connectivity index (χ1n) is 8.58. The maximum absolute atomic E-state index is 12.7. The number of para-hydroxylation sites is 1. The molecule has 2 rings (SSSR count). The van der Waals surface area contributed by atoms with Crippen LogP contribution < -0.4 is 10.2 Å². The van der Waals surface area contributed by atoms with Crippen LogP contribution in [0.1, 0.15) is 37.0 Å².